The van der Waals surface area contributed by atoms with Crippen LogP contribution in [0.1, 0.15) is 31.4 Å². The molecule has 0 amide bonds. The van der Waals surface area contributed by atoms with Gasteiger partial charge in [0.05, 0.1) is 12.2 Å². The van der Waals surface area contributed by atoms with Gasteiger partial charge in [-0.25, -0.2) is 0 Å². The van der Waals surface area contributed by atoms with Crippen LogP contribution in [0.2, 0.25) is 5.02 Å². The third kappa shape index (κ3) is 4.46. The lowest BCUT2D eigenvalue weighted by atomic mass is 10.1. The first-order valence-electron chi connectivity index (χ1n) is 6.96. The fourth-order valence-corrected chi connectivity index (χ4v) is 2.71. The second-order valence-corrected chi connectivity index (χ2v) is 5.48. The van der Waals surface area contributed by atoms with Gasteiger partial charge in [-0.05, 0) is 44.0 Å². The first kappa shape index (κ1) is 14.8. The Bertz CT molecular complexity index is 380. The minimum Gasteiger partial charge on any atom is -0.387 e. The SMILES string of the molecule is CCOC1CCCN(CC(O)c2ccc(Cl)cc2)C1. The van der Waals surface area contributed by atoms with Crippen molar-refractivity contribution in [2.24, 2.45) is 0 Å². The number of aliphatic hydroxyl groups excluding tert-OH is 1. The van der Waals surface area contributed by atoms with Gasteiger partial charge < -0.3 is 9.84 Å². The van der Waals surface area contributed by atoms with Crippen molar-refractivity contribution in [3.8, 4) is 0 Å². The molecule has 1 aliphatic heterocycles. The number of halogens is 1. The molecule has 0 radical (unpaired) electrons. The number of piperidine rings is 1. The molecular weight excluding hydrogens is 262 g/mol. The Balaban J connectivity index is 1.87. The molecule has 0 aliphatic carbocycles. The van der Waals surface area contributed by atoms with Crippen molar-refractivity contribution in [3.63, 3.8) is 0 Å². The highest BCUT2D eigenvalue weighted by molar-refractivity contribution is 6.30. The van der Waals surface area contributed by atoms with Gasteiger partial charge in [-0.1, -0.05) is 23.7 Å². The van der Waals surface area contributed by atoms with Crippen LogP contribution in [-0.2, 0) is 4.74 Å². The minimum atomic E-state index is -0.461. The first-order chi connectivity index (χ1) is 9.19. The lowest BCUT2D eigenvalue weighted by molar-refractivity contribution is -0.00705. The second-order valence-electron chi connectivity index (χ2n) is 5.05. The summed E-state index contributed by atoms with van der Waals surface area (Å²) in [6.07, 6.45) is 2.12. The summed E-state index contributed by atoms with van der Waals surface area (Å²) in [4.78, 5) is 2.28. The van der Waals surface area contributed by atoms with Crippen LogP contribution in [0.4, 0.5) is 0 Å². The summed E-state index contributed by atoms with van der Waals surface area (Å²) in [5, 5.41) is 11.0. The zero-order chi connectivity index (χ0) is 13.7. The molecule has 0 saturated carbocycles. The molecule has 1 saturated heterocycles. The Labute approximate surface area is 120 Å². The van der Waals surface area contributed by atoms with E-state index in [0.717, 1.165) is 38.1 Å². The third-order valence-electron chi connectivity index (χ3n) is 3.55. The Morgan fingerprint density at radius 3 is 2.84 bits per heavy atom. The molecule has 1 aromatic rings. The summed E-state index contributed by atoms with van der Waals surface area (Å²) in [6, 6.07) is 7.41. The zero-order valence-corrected chi connectivity index (χ0v) is 12.1. The van der Waals surface area contributed by atoms with Crippen molar-refractivity contribution in [3.05, 3.63) is 34.9 Å². The van der Waals surface area contributed by atoms with Crippen LogP contribution in [0.3, 0.4) is 0 Å². The molecule has 1 aliphatic rings. The quantitative estimate of drug-likeness (QED) is 0.902. The van der Waals surface area contributed by atoms with E-state index in [9.17, 15) is 5.11 Å². The summed E-state index contributed by atoms with van der Waals surface area (Å²) in [5.74, 6) is 0. The van der Waals surface area contributed by atoms with Crippen LogP contribution in [0.25, 0.3) is 0 Å². The molecule has 4 heteroatoms. The summed E-state index contributed by atoms with van der Waals surface area (Å²) in [6.45, 7) is 5.40. The van der Waals surface area contributed by atoms with Gasteiger partial charge in [0.1, 0.15) is 0 Å². The van der Waals surface area contributed by atoms with Crippen LogP contribution < -0.4 is 0 Å². The molecule has 1 N–H and O–H groups in total. The number of nitrogens with zero attached hydrogens (tertiary/aromatic N) is 1. The molecular formula is C15H22ClNO2. The summed E-state index contributed by atoms with van der Waals surface area (Å²) in [5.41, 5.74) is 0.919. The fraction of sp³-hybridized carbons (Fsp3) is 0.600. The smallest absolute Gasteiger partial charge is 0.0916 e. The predicted molar refractivity (Wildman–Crippen MR) is 77.5 cm³/mol. The number of rotatable bonds is 5. The number of likely N-dealkylation sites (tertiary alicyclic amines) is 1. The van der Waals surface area contributed by atoms with E-state index >= 15 is 0 Å². The lowest BCUT2D eigenvalue weighted by Gasteiger charge is -2.33. The Kier molecular flexibility index (Phi) is 5.64. The molecule has 0 bridgehead atoms. The molecule has 2 rings (SSSR count). The van der Waals surface area contributed by atoms with E-state index in [0.29, 0.717) is 17.7 Å². The van der Waals surface area contributed by atoms with E-state index in [1.807, 2.05) is 31.2 Å². The fourth-order valence-electron chi connectivity index (χ4n) is 2.59. The third-order valence-corrected chi connectivity index (χ3v) is 3.80. The minimum absolute atomic E-state index is 0.316. The molecule has 0 spiro atoms. The van der Waals surface area contributed by atoms with E-state index in [1.165, 1.54) is 0 Å². The number of ether oxygens (including phenoxy) is 1. The standard InChI is InChI=1S/C15H22ClNO2/c1-2-19-14-4-3-9-17(10-14)11-15(18)12-5-7-13(16)8-6-12/h5-8,14-15,18H,2-4,9-11H2,1H3. The number of aliphatic hydroxyl groups is 1. The highest BCUT2D eigenvalue weighted by atomic mass is 35.5. The lowest BCUT2D eigenvalue weighted by Crippen LogP contribution is -2.41. The van der Waals surface area contributed by atoms with E-state index < -0.39 is 6.10 Å². The topological polar surface area (TPSA) is 32.7 Å². The van der Waals surface area contributed by atoms with Gasteiger partial charge in [-0.15, -0.1) is 0 Å². The van der Waals surface area contributed by atoms with Gasteiger partial charge in [-0.3, -0.25) is 4.90 Å². The Morgan fingerprint density at radius 2 is 2.16 bits per heavy atom. The van der Waals surface area contributed by atoms with Crippen molar-refractivity contribution in [1.82, 2.24) is 4.90 Å². The maximum Gasteiger partial charge on any atom is 0.0916 e. The highest BCUT2D eigenvalue weighted by Crippen LogP contribution is 2.20. The van der Waals surface area contributed by atoms with E-state index in [-0.39, 0.29) is 0 Å². The highest BCUT2D eigenvalue weighted by Gasteiger charge is 2.22. The van der Waals surface area contributed by atoms with Crippen molar-refractivity contribution in [2.75, 3.05) is 26.2 Å². The van der Waals surface area contributed by atoms with Crippen LogP contribution in [0.5, 0.6) is 0 Å². The number of benzene rings is 1. The van der Waals surface area contributed by atoms with Gasteiger partial charge in [-0.2, -0.15) is 0 Å². The molecule has 1 aromatic carbocycles. The Morgan fingerprint density at radius 1 is 1.42 bits per heavy atom. The molecule has 1 heterocycles. The molecule has 0 aromatic heterocycles. The summed E-state index contributed by atoms with van der Waals surface area (Å²) in [7, 11) is 0. The van der Waals surface area contributed by atoms with Crippen molar-refractivity contribution in [2.45, 2.75) is 32.0 Å². The van der Waals surface area contributed by atoms with Crippen molar-refractivity contribution in [1.29, 1.82) is 0 Å². The van der Waals surface area contributed by atoms with Gasteiger partial charge in [0.25, 0.3) is 0 Å². The van der Waals surface area contributed by atoms with Crippen LogP contribution in [-0.4, -0.2) is 42.4 Å². The molecule has 106 valence electrons. The van der Waals surface area contributed by atoms with Crippen LogP contribution >= 0.6 is 11.6 Å². The number of hydrogen-bond acceptors (Lipinski definition) is 3. The summed E-state index contributed by atoms with van der Waals surface area (Å²) >= 11 is 5.85. The average molecular weight is 284 g/mol. The number of β-amino-alcohol motifs (C(OH)–C–C–N with tert-alkyl or cyclic N) is 1. The predicted octanol–water partition coefficient (Wildman–Crippen LogP) is 2.87. The molecule has 3 nitrogen and oxygen atoms in total. The second kappa shape index (κ2) is 7.25. The first-order valence-corrected chi connectivity index (χ1v) is 7.34. The van der Waals surface area contributed by atoms with E-state index in [2.05, 4.69) is 4.90 Å². The van der Waals surface area contributed by atoms with Crippen molar-refractivity contribution >= 4 is 11.6 Å². The van der Waals surface area contributed by atoms with Crippen molar-refractivity contribution < 1.29 is 9.84 Å². The molecule has 19 heavy (non-hydrogen) atoms. The maximum atomic E-state index is 10.3. The zero-order valence-electron chi connectivity index (χ0n) is 11.4. The van der Waals surface area contributed by atoms with Gasteiger partial charge in [0.15, 0.2) is 0 Å². The summed E-state index contributed by atoms with van der Waals surface area (Å²) < 4.78 is 5.68. The normalized spacial score (nSPS) is 22.4. The maximum absolute atomic E-state index is 10.3. The molecule has 2 unspecified atom stereocenters. The number of hydrogen-bond donors (Lipinski definition) is 1. The largest absolute Gasteiger partial charge is 0.387 e. The van der Waals surface area contributed by atoms with Gasteiger partial charge in [0.2, 0.25) is 0 Å². The molecule has 2 atom stereocenters. The van der Waals surface area contributed by atoms with Crippen LogP contribution in [0, 0.1) is 0 Å². The van der Waals surface area contributed by atoms with E-state index in [1.54, 1.807) is 0 Å². The molecule has 1 fully saturated rings. The van der Waals surface area contributed by atoms with Gasteiger partial charge in [0, 0.05) is 24.7 Å². The monoisotopic (exact) mass is 283 g/mol. The van der Waals surface area contributed by atoms with Gasteiger partial charge >= 0.3 is 0 Å². The Hall–Kier alpha value is -0.610. The average Bonchev–Trinajstić information content (AvgIpc) is 2.40. The van der Waals surface area contributed by atoms with E-state index in [4.69, 9.17) is 16.3 Å². The van der Waals surface area contributed by atoms with Crippen LogP contribution in [0.15, 0.2) is 24.3 Å².